The topological polar surface area (TPSA) is 49.8 Å². The molecular weight excluding hydrogens is 882 g/mol. The molecule has 0 fully saturated rings. The van der Waals surface area contributed by atoms with Crippen LogP contribution in [0.2, 0.25) is 0 Å². The zero-order valence-electron chi connectivity index (χ0n) is 33.2. The molecule has 286 valence electrons. The van der Waals surface area contributed by atoms with Crippen molar-refractivity contribution in [3.05, 3.63) is 166 Å². The second kappa shape index (κ2) is 14.0. The monoisotopic (exact) mass is 924 g/mol. The van der Waals surface area contributed by atoms with Gasteiger partial charge in [-0.1, -0.05) is 18.2 Å². The summed E-state index contributed by atoms with van der Waals surface area (Å²) in [6.07, 6.45) is 3.73. The van der Waals surface area contributed by atoms with Crippen molar-refractivity contribution in [2.24, 2.45) is 0 Å². The zero-order chi connectivity index (χ0) is 39.6. The van der Waals surface area contributed by atoms with Crippen molar-refractivity contribution in [3.8, 4) is 39.9 Å². The molecule has 4 heterocycles. The van der Waals surface area contributed by atoms with Gasteiger partial charge in [-0.2, -0.15) is 0 Å². The van der Waals surface area contributed by atoms with Crippen LogP contribution in [0.1, 0.15) is 58.2 Å². The van der Waals surface area contributed by atoms with Crippen molar-refractivity contribution >= 4 is 32.8 Å². The van der Waals surface area contributed by atoms with Crippen LogP contribution in [0.3, 0.4) is 0 Å². The van der Waals surface area contributed by atoms with Gasteiger partial charge in [-0.25, -0.2) is 0 Å². The average Bonchev–Trinajstić information content (AvgIpc) is 3.68. The van der Waals surface area contributed by atoms with Gasteiger partial charge in [0.25, 0.3) is 0 Å². The van der Waals surface area contributed by atoms with Gasteiger partial charge in [-0.3, -0.25) is 4.98 Å². The zero-order valence-corrected chi connectivity index (χ0v) is 35.4. The van der Waals surface area contributed by atoms with Crippen LogP contribution in [0.4, 0.5) is 0 Å². The Morgan fingerprint density at radius 2 is 1.25 bits per heavy atom. The molecule has 0 amide bonds. The van der Waals surface area contributed by atoms with Crippen LogP contribution in [-0.2, 0) is 30.2 Å². The Balaban J connectivity index is 1.15. The summed E-state index contributed by atoms with van der Waals surface area (Å²) < 4.78 is 14.6. The van der Waals surface area contributed by atoms with Crippen LogP contribution in [-0.4, -0.2) is 23.7 Å². The van der Waals surface area contributed by atoms with Gasteiger partial charge in [-0.05, 0) is 24.6 Å². The molecule has 0 N–H and O–H groups in total. The van der Waals surface area contributed by atoms with Crippen molar-refractivity contribution in [2.45, 2.75) is 59.3 Å². The van der Waals surface area contributed by atoms with Gasteiger partial charge in [0.05, 0.1) is 5.69 Å². The van der Waals surface area contributed by atoms with Crippen molar-refractivity contribution in [1.82, 2.24) is 23.7 Å². The Labute approximate surface area is 344 Å². The molecule has 5 aromatic carbocycles. The number of nitrogens with zero attached hydrogens (tertiary/aromatic N) is 5. The van der Waals surface area contributed by atoms with Crippen molar-refractivity contribution in [2.75, 3.05) is 0 Å². The van der Waals surface area contributed by atoms with E-state index in [0.29, 0.717) is 11.5 Å². The van der Waals surface area contributed by atoms with Crippen molar-refractivity contribution < 1.29 is 24.1 Å². The molecule has 0 aliphatic heterocycles. The summed E-state index contributed by atoms with van der Waals surface area (Å²) in [7, 11) is 0. The van der Waals surface area contributed by atoms with E-state index < -0.39 is 0 Å². The van der Waals surface area contributed by atoms with E-state index in [0.717, 1.165) is 65.0 Å². The summed E-state index contributed by atoms with van der Waals surface area (Å²) in [5.74, 6) is 2.01. The molecule has 9 aromatic rings. The van der Waals surface area contributed by atoms with E-state index in [9.17, 15) is 0 Å². The number of rotatable bonds is 6. The molecule has 0 saturated carbocycles. The van der Waals surface area contributed by atoms with Gasteiger partial charge < -0.3 is 0 Å². The molecule has 4 aromatic heterocycles. The van der Waals surface area contributed by atoms with E-state index in [1.54, 1.807) is 0 Å². The number of para-hydroxylation sites is 4. The molecule has 0 aliphatic rings. The molecule has 6 nitrogen and oxygen atoms in total. The first-order valence-corrected chi connectivity index (χ1v) is 20.4. The van der Waals surface area contributed by atoms with Gasteiger partial charge in [-0.15, -0.1) is 0 Å². The van der Waals surface area contributed by atoms with Gasteiger partial charge in [0, 0.05) is 18.0 Å². The van der Waals surface area contributed by atoms with E-state index in [2.05, 4.69) is 184 Å². The van der Waals surface area contributed by atoms with E-state index in [1.165, 1.54) is 16.8 Å². The first-order chi connectivity index (χ1) is 27.4. The summed E-state index contributed by atoms with van der Waals surface area (Å²) >= 11 is 2.48. The molecule has 0 spiro atoms. The number of benzene rings is 5. The fraction of sp³-hybridized carbons (Fsp3) is 0.180. The Hall–Kier alpha value is -5.84. The fourth-order valence-corrected chi connectivity index (χ4v) is 8.99. The molecule has 0 saturated heterocycles. The molecule has 0 radical (unpaired) electrons. The smallest absolute Gasteiger partial charge is 0.256 e. The van der Waals surface area contributed by atoms with Crippen molar-refractivity contribution in [3.63, 3.8) is 0 Å². The number of imidazole rings is 1. The molecule has 0 aliphatic carbocycles. The van der Waals surface area contributed by atoms with Gasteiger partial charge in [0.15, 0.2) is 0 Å². The summed E-state index contributed by atoms with van der Waals surface area (Å²) in [5.41, 5.74) is 11.8. The maximum absolute atomic E-state index is 6.63. The van der Waals surface area contributed by atoms with Gasteiger partial charge >= 0.3 is 275 Å². The average molecular weight is 925 g/mol. The second-order valence-corrected chi connectivity index (χ2v) is 17.6. The fourth-order valence-electron chi connectivity index (χ4n) is 7.92. The van der Waals surface area contributed by atoms with E-state index >= 15 is 0 Å². The Bertz CT molecular complexity index is 3020. The number of hydrogen-bond acceptors (Lipinski definition) is 3. The van der Waals surface area contributed by atoms with Crippen LogP contribution in [0.15, 0.2) is 134 Å². The molecule has 0 atom stereocenters. The van der Waals surface area contributed by atoms with Crippen LogP contribution in [0, 0.1) is 22.9 Å². The molecular formula is C50H43N5OPt-2. The number of aryl methyl sites for hydroxylation is 1. The minimum Gasteiger partial charge on any atom is -0.256 e. The first kappa shape index (κ1) is 36.8. The van der Waals surface area contributed by atoms with Crippen LogP contribution in [0.25, 0.3) is 61.3 Å². The van der Waals surface area contributed by atoms with Crippen LogP contribution in [0.5, 0.6) is 11.5 Å². The molecule has 57 heavy (non-hydrogen) atoms. The minimum absolute atomic E-state index is 0.0721. The SMILES string of the molecule is Cc1cc(-n2c3[c-]c(Oc4[c-]c(-n5[c](=[Pt])n(-c6c(C(C)(C)C)cccc6C(C)(C)C)c6ccccc65)ccc4)ccc3c3ccccc32)ncc1-c1ccccn1. The molecule has 7 heteroatoms. The summed E-state index contributed by atoms with van der Waals surface area (Å²) in [6.45, 7) is 15.9. The number of aromatic nitrogens is 5. The minimum atomic E-state index is -0.0721. The summed E-state index contributed by atoms with van der Waals surface area (Å²) in [6, 6.07) is 49.3. The van der Waals surface area contributed by atoms with E-state index in [1.807, 2.05) is 48.8 Å². The van der Waals surface area contributed by atoms with Crippen LogP contribution >= 0.6 is 0 Å². The number of pyridine rings is 2. The summed E-state index contributed by atoms with van der Waals surface area (Å²) in [5, 5.41) is 2.20. The second-order valence-electron chi connectivity index (χ2n) is 16.6. The maximum atomic E-state index is 6.63. The Morgan fingerprint density at radius 3 is 1.93 bits per heavy atom. The van der Waals surface area contributed by atoms with E-state index in [4.69, 9.17) is 9.72 Å². The van der Waals surface area contributed by atoms with Gasteiger partial charge in [0.1, 0.15) is 0 Å². The summed E-state index contributed by atoms with van der Waals surface area (Å²) in [4.78, 5) is 9.52. The number of fused-ring (bicyclic) bond motifs is 4. The Kier molecular flexibility index (Phi) is 9.01. The normalized spacial score (nSPS) is 12.2. The number of ether oxygens (including phenoxy) is 1. The standard InChI is InChI=1S/C50H43N5O.Pt/c1-33-28-47(52-31-39(33)42-21-12-13-27-51-42)55-43-22-9-8-18-37(43)38-26-25-36(30-46(38)55)56-35-17-14-16-34(29-35)53-32-54(45-24-11-10-23-44(45)53)48-40(49(2,3)4)19-15-20-41(48)50(5,6)7;/h8-28,31H,1-7H3;/q-2;. The third-order valence-electron chi connectivity index (χ3n) is 10.6. The van der Waals surface area contributed by atoms with Gasteiger partial charge in [0.2, 0.25) is 0 Å². The predicted octanol–water partition coefficient (Wildman–Crippen LogP) is 12.4. The Morgan fingerprint density at radius 1 is 0.596 bits per heavy atom. The molecule has 0 bridgehead atoms. The molecule has 0 unspecified atom stereocenters. The third kappa shape index (κ3) is 6.46. The van der Waals surface area contributed by atoms with Crippen molar-refractivity contribution in [1.29, 1.82) is 0 Å². The first-order valence-electron chi connectivity index (χ1n) is 19.3. The van der Waals surface area contributed by atoms with E-state index in [-0.39, 0.29) is 10.8 Å². The number of hydrogen-bond donors (Lipinski definition) is 0. The molecule has 9 rings (SSSR count). The quantitative estimate of drug-likeness (QED) is 0.156. The predicted molar refractivity (Wildman–Crippen MR) is 228 cm³/mol. The van der Waals surface area contributed by atoms with Crippen LogP contribution < -0.4 is 4.74 Å². The third-order valence-corrected chi connectivity index (χ3v) is 11.6.